The Balaban J connectivity index is 1.68. The molecule has 0 spiro atoms. The van der Waals surface area contributed by atoms with E-state index in [0.717, 1.165) is 16.9 Å². The Hall–Kier alpha value is -2.17. The Kier molecular flexibility index (Phi) is 8.73. The van der Waals surface area contributed by atoms with Crippen molar-refractivity contribution in [3.63, 3.8) is 0 Å². The summed E-state index contributed by atoms with van der Waals surface area (Å²) in [6, 6.07) is 17.9. The normalized spacial score (nSPS) is 11.6. The van der Waals surface area contributed by atoms with Crippen molar-refractivity contribution in [3.05, 3.63) is 54.6 Å². The van der Waals surface area contributed by atoms with Gasteiger partial charge in [-0.3, -0.25) is 8.37 Å². The van der Waals surface area contributed by atoms with Gasteiger partial charge in [-0.05, 0) is 11.6 Å². The van der Waals surface area contributed by atoms with Gasteiger partial charge in [0.05, 0.1) is 19.8 Å². The van der Waals surface area contributed by atoms with Gasteiger partial charge in [-0.1, -0.05) is 54.5 Å². The summed E-state index contributed by atoms with van der Waals surface area (Å²) >= 11 is -1.83. The van der Waals surface area contributed by atoms with Crippen LogP contribution in [-0.2, 0) is 24.5 Å². The molecule has 0 saturated carbocycles. The first-order valence-electron chi connectivity index (χ1n) is 7.78. The van der Waals surface area contributed by atoms with Crippen LogP contribution in [0.4, 0.5) is 0 Å². The molecular weight excluding hydrogens is 340 g/mol. The molecule has 0 amide bonds. The number of benzene rings is 2. The van der Waals surface area contributed by atoms with Crippen LogP contribution in [0.1, 0.15) is 0 Å². The Morgan fingerprint density at radius 2 is 1.60 bits per heavy atom. The summed E-state index contributed by atoms with van der Waals surface area (Å²) < 4.78 is 31.9. The summed E-state index contributed by atoms with van der Waals surface area (Å²) in [5.74, 6) is 3.01. The minimum absolute atomic E-state index is 0.0534. The second kappa shape index (κ2) is 11.4. The lowest BCUT2D eigenvalue weighted by atomic mass is 10.1. The maximum atomic E-state index is 11.1. The van der Waals surface area contributed by atoms with Gasteiger partial charge in [0.1, 0.15) is 19.0 Å². The molecule has 6 heteroatoms. The molecule has 1 unspecified atom stereocenters. The fourth-order valence-corrected chi connectivity index (χ4v) is 2.47. The molecule has 0 aliphatic carbocycles. The third kappa shape index (κ3) is 7.08. The average molecular weight is 360 g/mol. The molecule has 0 radical (unpaired) electrons. The first-order chi connectivity index (χ1) is 12.3. The van der Waals surface area contributed by atoms with Crippen LogP contribution < -0.4 is 4.74 Å². The van der Waals surface area contributed by atoms with E-state index in [-0.39, 0.29) is 19.8 Å². The number of hydrogen-bond acceptors (Lipinski definition) is 5. The van der Waals surface area contributed by atoms with Crippen molar-refractivity contribution < 1.29 is 22.0 Å². The van der Waals surface area contributed by atoms with Crippen molar-refractivity contribution in [1.29, 1.82) is 0 Å². The number of terminal acetylenes is 1. The zero-order chi connectivity index (χ0) is 17.7. The molecule has 25 heavy (non-hydrogen) atoms. The zero-order valence-electron chi connectivity index (χ0n) is 13.8. The van der Waals surface area contributed by atoms with E-state index in [0.29, 0.717) is 13.2 Å². The molecule has 0 aromatic heterocycles. The standard InChI is InChI=1S/C19H20O5S/c1-2-12-23-25(20)24-16-14-21-13-15-22-19-11-7-6-10-18(19)17-8-4-3-5-9-17/h1,3-11H,12-16H2. The van der Waals surface area contributed by atoms with E-state index < -0.39 is 11.4 Å². The minimum atomic E-state index is -1.83. The van der Waals surface area contributed by atoms with Gasteiger partial charge in [0, 0.05) is 5.56 Å². The predicted octanol–water partition coefficient (Wildman–Crippen LogP) is 2.99. The van der Waals surface area contributed by atoms with E-state index in [1.165, 1.54) is 0 Å². The first kappa shape index (κ1) is 19.2. The van der Waals surface area contributed by atoms with E-state index >= 15 is 0 Å². The molecule has 0 heterocycles. The van der Waals surface area contributed by atoms with E-state index in [1.807, 2.05) is 54.6 Å². The Morgan fingerprint density at radius 1 is 0.880 bits per heavy atom. The molecule has 2 aromatic carbocycles. The van der Waals surface area contributed by atoms with Crippen LogP contribution in [0.5, 0.6) is 5.75 Å². The number of hydrogen-bond donors (Lipinski definition) is 0. The van der Waals surface area contributed by atoms with Crippen molar-refractivity contribution in [2.24, 2.45) is 0 Å². The molecule has 2 aromatic rings. The van der Waals surface area contributed by atoms with Gasteiger partial charge in [0.25, 0.3) is 0 Å². The minimum Gasteiger partial charge on any atom is -0.491 e. The molecule has 0 saturated heterocycles. The monoisotopic (exact) mass is 360 g/mol. The highest BCUT2D eigenvalue weighted by Crippen LogP contribution is 2.29. The summed E-state index contributed by atoms with van der Waals surface area (Å²) in [5, 5.41) is 0. The molecule has 1 atom stereocenters. The third-order valence-corrected chi connectivity index (χ3v) is 3.77. The SMILES string of the molecule is C#CCOS(=O)OCCOCCOc1ccccc1-c1ccccc1. The molecule has 0 bridgehead atoms. The third-order valence-electron chi connectivity index (χ3n) is 3.10. The van der Waals surface area contributed by atoms with Crippen LogP contribution in [0.25, 0.3) is 11.1 Å². The van der Waals surface area contributed by atoms with Crippen molar-refractivity contribution in [2.75, 3.05) is 33.0 Å². The van der Waals surface area contributed by atoms with E-state index in [1.54, 1.807) is 0 Å². The lowest BCUT2D eigenvalue weighted by molar-refractivity contribution is 0.0764. The second-order valence-corrected chi connectivity index (χ2v) is 5.70. The van der Waals surface area contributed by atoms with Crippen LogP contribution in [0, 0.1) is 12.3 Å². The number of ether oxygens (including phenoxy) is 2. The highest BCUT2D eigenvalue weighted by molar-refractivity contribution is 7.75. The van der Waals surface area contributed by atoms with E-state index in [2.05, 4.69) is 10.1 Å². The van der Waals surface area contributed by atoms with Gasteiger partial charge >= 0.3 is 11.4 Å². The van der Waals surface area contributed by atoms with Crippen LogP contribution in [-0.4, -0.2) is 37.2 Å². The molecule has 132 valence electrons. The van der Waals surface area contributed by atoms with Gasteiger partial charge in [-0.25, -0.2) is 0 Å². The molecular formula is C19H20O5S. The zero-order valence-corrected chi connectivity index (χ0v) is 14.6. The lowest BCUT2D eigenvalue weighted by Gasteiger charge is -2.12. The van der Waals surface area contributed by atoms with Gasteiger partial charge in [0.15, 0.2) is 0 Å². The number of rotatable bonds is 11. The van der Waals surface area contributed by atoms with Gasteiger partial charge < -0.3 is 9.47 Å². The quantitative estimate of drug-likeness (QED) is 0.455. The summed E-state index contributed by atoms with van der Waals surface area (Å²) in [6.07, 6.45) is 4.98. The summed E-state index contributed by atoms with van der Waals surface area (Å²) in [5.41, 5.74) is 2.13. The van der Waals surface area contributed by atoms with Crippen LogP contribution in [0.3, 0.4) is 0 Å². The van der Waals surface area contributed by atoms with Crippen molar-refractivity contribution in [1.82, 2.24) is 0 Å². The summed E-state index contributed by atoms with van der Waals surface area (Å²) in [7, 11) is 0. The molecule has 0 fully saturated rings. The highest BCUT2D eigenvalue weighted by atomic mass is 32.2. The van der Waals surface area contributed by atoms with E-state index in [9.17, 15) is 4.21 Å². The topological polar surface area (TPSA) is 54.0 Å². The van der Waals surface area contributed by atoms with Crippen molar-refractivity contribution in [2.45, 2.75) is 0 Å². The fraction of sp³-hybridized carbons (Fsp3) is 0.263. The molecule has 5 nitrogen and oxygen atoms in total. The fourth-order valence-electron chi connectivity index (χ4n) is 2.04. The van der Waals surface area contributed by atoms with Gasteiger partial charge in [-0.2, -0.15) is 4.21 Å². The highest BCUT2D eigenvalue weighted by Gasteiger charge is 2.05. The Morgan fingerprint density at radius 3 is 2.40 bits per heavy atom. The first-order valence-corrected chi connectivity index (χ1v) is 8.78. The smallest absolute Gasteiger partial charge is 0.305 e. The van der Waals surface area contributed by atoms with Crippen molar-refractivity contribution >= 4 is 11.4 Å². The second-order valence-electron chi connectivity index (χ2n) is 4.82. The molecule has 0 aliphatic heterocycles. The molecule has 2 rings (SSSR count). The van der Waals surface area contributed by atoms with E-state index in [4.69, 9.17) is 20.1 Å². The summed E-state index contributed by atoms with van der Waals surface area (Å²) in [6.45, 7) is 1.18. The maximum absolute atomic E-state index is 11.1. The largest absolute Gasteiger partial charge is 0.491 e. The average Bonchev–Trinajstić information content (AvgIpc) is 2.66. The molecule has 0 aliphatic rings. The van der Waals surface area contributed by atoms with Crippen LogP contribution >= 0.6 is 0 Å². The Labute approximate surface area is 150 Å². The maximum Gasteiger partial charge on any atom is 0.305 e. The summed E-state index contributed by atoms with van der Waals surface area (Å²) in [4.78, 5) is 0. The Bertz CT molecular complexity index is 696. The predicted molar refractivity (Wildman–Crippen MR) is 97.1 cm³/mol. The molecule has 0 N–H and O–H groups in total. The number of para-hydroxylation sites is 1. The van der Waals surface area contributed by atoms with Gasteiger partial charge in [0.2, 0.25) is 0 Å². The van der Waals surface area contributed by atoms with Crippen molar-refractivity contribution in [3.8, 4) is 29.2 Å². The lowest BCUT2D eigenvalue weighted by Crippen LogP contribution is -2.12. The van der Waals surface area contributed by atoms with Crippen LogP contribution in [0.15, 0.2) is 54.6 Å². The van der Waals surface area contributed by atoms with Crippen LogP contribution in [0.2, 0.25) is 0 Å². The van der Waals surface area contributed by atoms with Gasteiger partial charge in [-0.15, -0.1) is 6.42 Å².